The molecule has 0 aliphatic carbocycles. The Hall–Kier alpha value is -1.93. The summed E-state index contributed by atoms with van der Waals surface area (Å²) in [5.74, 6) is 0.673. The van der Waals surface area contributed by atoms with Crippen LogP contribution in [0.2, 0.25) is 0 Å². The highest BCUT2D eigenvalue weighted by Gasteiger charge is 2.09. The van der Waals surface area contributed by atoms with Gasteiger partial charge in [0.15, 0.2) is 0 Å². The molecule has 2 aromatic carbocycles. The Morgan fingerprint density at radius 3 is 2.56 bits per heavy atom. The molecule has 0 radical (unpaired) electrons. The molecule has 0 fully saturated rings. The summed E-state index contributed by atoms with van der Waals surface area (Å²) in [4.78, 5) is 19.9. The van der Waals surface area contributed by atoms with Gasteiger partial charge in [-0.05, 0) is 64.6 Å². The molecule has 2 heterocycles. The van der Waals surface area contributed by atoms with Crippen LogP contribution in [-0.2, 0) is 6.42 Å². The van der Waals surface area contributed by atoms with E-state index in [0.717, 1.165) is 24.8 Å². The van der Waals surface area contributed by atoms with E-state index in [9.17, 15) is 4.79 Å². The van der Waals surface area contributed by atoms with Crippen molar-refractivity contribution in [1.82, 2.24) is 14.5 Å². The molecule has 0 saturated heterocycles. The maximum absolute atomic E-state index is 12.4. The fourth-order valence-electron chi connectivity index (χ4n) is 2.78. The lowest BCUT2D eigenvalue weighted by Crippen LogP contribution is -2.13. The molecule has 0 aliphatic heterocycles. The second-order valence-corrected chi connectivity index (χ2v) is 7.81. The first kappa shape index (κ1) is 16.5. The van der Waals surface area contributed by atoms with E-state index in [2.05, 4.69) is 77.3 Å². The minimum atomic E-state index is -0.108. The van der Waals surface area contributed by atoms with Crippen molar-refractivity contribution in [1.29, 1.82) is 0 Å². The van der Waals surface area contributed by atoms with Gasteiger partial charge in [0, 0.05) is 32.5 Å². The van der Waals surface area contributed by atoms with Gasteiger partial charge in [-0.2, -0.15) is 0 Å². The number of halogens is 2. The van der Waals surface area contributed by atoms with E-state index in [-0.39, 0.29) is 5.56 Å². The van der Waals surface area contributed by atoms with Crippen LogP contribution in [0.1, 0.15) is 11.4 Å². The van der Waals surface area contributed by atoms with Crippen molar-refractivity contribution in [2.24, 2.45) is 0 Å². The molecule has 6 heteroatoms. The highest BCUT2D eigenvalue weighted by molar-refractivity contribution is 14.1. The van der Waals surface area contributed by atoms with Gasteiger partial charge in [-0.15, -0.1) is 0 Å². The number of fused-ring (bicyclic) bond motifs is 1. The molecule has 0 unspecified atom stereocenters. The quantitative estimate of drug-likeness (QED) is 0.411. The van der Waals surface area contributed by atoms with Gasteiger partial charge in [0.1, 0.15) is 5.82 Å². The number of H-pyrrole nitrogens is 1. The molecule has 0 spiro atoms. The topological polar surface area (TPSA) is 50.7 Å². The van der Waals surface area contributed by atoms with Crippen LogP contribution in [0.25, 0.3) is 16.6 Å². The Kier molecular flexibility index (Phi) is 4.47. The number of benzene rings is 2. The summed E-state index contributed by atoms with van der Waals surface area (Å²) in [5, 5.41) is 0.602. The Morgan fingerprint density at radius 2 is 1.84 bits per heavy atom. The van der Waals surface area contributed by atoms with Crippen LogP contribution in [0.3, 0.4) is 0 Å². The van der Waals surface area contributed by atoms with Gasteiger partial charge in [0.2, 0.25) is 0 Å². The summed E-state index contributed by atoms with van der Waals surface area (Å²) >= 11 is 5.64. The summed E-state index contributed by atoms with van der Waals surface area (Å²) in [7, 11) is 0. The largest absolute Gasteiger partial charge is 0.324 e. The van der Waals surface area contributed by atoms with E-state index in [0.29, 0.717) is 17.6 Å². The van der Waals surface area contributed by atoms with Crippen LogP contribution in [-0.4, -0.2) is 14.5 Å². The van der Waals surface area contributed by atoms with Crippen LogP contribution in [0.5, 0.6) is 0 Å². The van der Waals surface area contributed by atoms with E-state index in [1.54, 1.807) is 6.07 Å². The average molecular weight is 506 g/mol. The predicted octanol–water partition coefficient (Wildman–Crippen LogP) is 4.67. The number of rotatable bonds is 3. The first-order valence-electron chi connectivity index (χ1n) is 7.70. The van der Waals surface area contributed by atoms with Crippen molar-refractivity contribution in [3.05, 3.63) is 90.7 Å². The Morgan fingerprint density at radius 1 is 1.12 bits per heavy atom. The highest BCUT2D eigenvalue weighted by Crippen LogP contribution is 2.22. The van der Waals surface area contributed by atoms with Gasteiger partial charge < -0.3 is 9.55 Å². The van der Waals surface area contributed by atoms with Gasteiger partial charge >= 0.3 is 0 Å². The Bertz CT molecular complexity index is 1100. The third-order valence-corrected chi connectivity index (χ3v) is 5.27. The number of aromatic nitrogens is 3. The maximum atomic E-state index is 12.4. The van der Waals surface area contributed by atoms with Crippen molar-refractivity contribution in [3.63, 3.8) is 0 Å². The van der Waals surface area contributed by atoms with Crippen LogP contribution >= 0.6 is 38.5 Å². The molecule has 25 heavy (non-hydrogen) atoms. The van der Waals surface area contributed by atoms with Crippen molar-refractivity contribution < 1.29 is 0 Å². The molecular weight excluding hydrogens is 493 g/mol. The summed E-state index contributed by atoms with van der Waals surface area (Å²) in [6, 6.07) is 16.0. The highest BCUT2D eigenvalue weighted by atomic mass is 127. The number of nitrogens with one attached hydrogen (secondary N) is 1. The molecule has 0 aliphatic rings. The standard InChI is InChI=1S/C19H13BrIN3O/c20-13-10-15-18(16(21)11-13)22-17(23-19(15)25)9-12-3-5-14(6-4-12)24-7-1-2-8-24/h1-8,10-11H,9H2,(H,22,23,25). The van der Waals surface area contributed by atoms with Crippen molar-refractivity contribution in [3.8, 4) is 5.69 Å². The van der Waals surface area contributed by atoms with Gasteiger partial charge in [0.25, 0.3) is 5.56 Å². The number of hydrogen-bond donors (Lipinski definition) is 1. The minimum Gasteiger partial charge on any atom is -0.324 e. The van der Waals surface area contributed by atoms with E-state index >= 15 is 0 Å². The second kappa shape index (κ2) is 6.76. The SMILES string of the molecule is O=c1[nH]c(Cc2ccc(-n3cccc3)cc2)nc2c(I)cc(Br)cc12. The van der Waals surface area contributed by atoms with Gasteiger partial charge in [-0.3, -0.25) is 4.79 Å². The maximum Gasteiger partial charge on any atom is 0.258 e. The summed E-state index contributed by atoms with van der Waals surface area (Å²) in [5.41, 5.74) is 2.84. The minimum absolute atomic E-state index is 0.108. The first-order valence-corrected chi connectivity index (χ1v) is 9.57. The fourth-order valence-corrected chi connectivity index (χ4v) is 4.42. The smallest absolute Gasteiger partial charge is 0.258 e. The average Bonchev–Trinajstić information content (AvgIpc) is 3.11. The first-order chi connectivity index (χ1) is 12.1. The number of nitrogens with zero attached hydrogens (tertiary/aromatic N) is 2. The molecule has 124 valence electrons. The van der Waals surface area contributed by atoms with Gasteiger partial charge in [-0.1, -0.05) is 28.1 Å². The summed E-state index contributed by atoms with van der Waals surface area (Å²) < 4.78 is 3.89. The van der Waals surface area contributed by atoms with Crippen LogP contribution in [0.15, 0.2) is 70.2 Å². The third kappa shape index (κ3) is 3.41. The number of aromatic amines is 1. The Labute approximate surface area is 166 Å². The van der Waals surface area contributed by atoms with Crippen LogP contribution in [0, 0.1) is 3.57 Å². The lowest BCUT2D eigenvalue weighted by molar-refractivity contribution is 0.969. The zero-order chi connectivity index (χ0) is 17.4. The monoisotopic (exact) mass is 505 g/mol. The van der Waals surface area contributed by atoms with E-state index in [4.69, 9.17) is 0 Å². The molecular formula is C19H13BrIN3O. The van der Waals surface area contributed by atoms with Gasteiger partial charge in [-0.25, -0.2) is 4.98 Å². The van der Waals surface area contributed by atoms with Gasteiger partial charge in [0.05, 0.1) is 10.9 Å². The molecule has 2 aromatic heterocycles. The molecule has 4 aromatic rings. The van der Waals surface area contributed by atoms with Crippen molar-refractivity contribution >= 4 is 49.4 Å². The van der Waals surface area contributed by atoms with E-state index < -0.39 is 0 Å². The van der Waals surface area contributed by atoms with Crippen molar-refractivity contribution in [2.75, 3.05) is 0 Å². The third-order valence-electron chi connectivity index (χ3n) is 3.99. The lowest BCUT2D eigenvalue weighted by atomic mass is 10.1. The lowest BCUT2D eigenvalue weighted by Gasteiger charge is -2.07. The van der Waals surface area contributed by atoms with E-state index in [1.807, 2.05) is 30.6 Å². The second-order valence-electron chi connectivity index (χ2n) is 5.73. The predicted molar refractivity (Wildman–Crippen MR) is 111 cm³/mol. The molecule has 0 saturated carbocycles. The van der Waals surface area contributed by atoms with Crippen molar-refractivity contribution in [2.45, 2.75) is 6.42 Å². The normalized spacial score (nSPS) is 11.1. The zero-order valence-electron chi connectivity index (χ0n) is 13.0. The number of hydrogen-bond acceptors (Lipinski definition) is 2. The van der Waals surface area contributed by atoms with E-state index in [1.165, 1.54) is 0 Å². The summed E-state index contributed by atoms with van der Waals surface area (Å²) in [6.45, 7) is 0. The summed E-state index contributed by atoms with van der Waals surface area (Å²) in [6.07, 6.45) is 4.61. The Balaban J connectivity index is 1.68. The molecule has 4 nitrogen and oxygen atoms in total. The molecule has 1 N–H and O–H groups in total. The van der Waals surface area contributed by atoms with Crippen LogP contribution < -0.4 is 5.56 Å². The van der Waals surface area contributed by atoms with Crippen LogP contribution in [0.4, 0.5) is 0 Å². The zero-order valence-corrected chi connectivity index (χ0v) is 16.8. The molecule has 0 amide bonds. The molecule has 0 bridgehead atoms. The molecule has 0 atom stereocenters. The fraction of sp³-hybridized carbons (Fsp3) is 0.0526. The molecule has 4 rings (SSSR count).